The van der Waals surface area contributed by atoms with E-state index in [4.69, 9.17) is 4.74 Å². The van der Waals surface area contributed by atoms with E-state index in [-0.39, 0.29) is 11.9 Å². The van der Waals surface area contributed by atoms with E-state index in [9.17, 15) is 9.59 Å². The maximum atomic E-state index is 12.1. The number of carbonyl (C=O) groups excluding carboxylic acids is 2. The number of rotatable bonds is 6. The third kappa shape index (κ3) is 5.63. The number of ether oxygens (including phenoxy) is 1. The van der Waals surface area contributed by atoms with Gasteiger partial charge < -0.3 is 25.2 Å². The topological polar surface area (TPSA) is 73.9 Å². The van der Waals surface area contributed by atoms with Crippen molar-refractivity contribution >= 4 is 23.3 Å². The molecule has 0 aromatic heterocycles. The quantitative estimate of drug-likeness (QED) is 0.787. The van der Waals surface area contributed by atoms with E-state index in [1.807, 2.05) is 53.4 Å². The van der Waals surface area contributed by atoms with Gasteiger partial charge in [0.25, 0.3) is 0 Å². The second-order valence-corrected chi connectivity index (χ2v) is 6.98. The van der Waals surface area contributed by atoms with E-state index < -0.39 is 0 Å². The molecule has 29 heavy (non-hydrogen) atoms. The number of hydrogen-bond acceptors (Lipinski definition) is 4. The molecule has 7 nitrogen and oxygen atoms in total. The number of nitrogens with one attached hydrogen (secondary N) is 2. The number of carbonyl (C=O) groups is 2. The summed E-state index contributed by atoms with van der Waals surface area (Å²) < 4.78 is 5.33. The van der Waals surface area contributed by atoms with Crippen molar-refractivity contribution < 1.29 is 14.3 Å². The number of nitrogens with zero attached hydrogens (tertiary/aromatic N) is 2. The lowest BCUT2D eigenvalue weighted by atomic mass is 10.1. The highest BCUT2D eigenvalue weighted by atomic mass is 16.5. The molecule has 3 rings (SSSR count). The Morgan fingerprint density at radius 3 is 2.34 bits per heavy atom. The molecule has 0 spiro atoms. The van der Waals surface area contributed by atoms with E-state index in [1.165, 1.54) is 0 Å². The second-order valence-electron chi connectivity index (χ2n) is 6.98. The van der Waals surface area contributed by atoms with E-state index in [1.54, 1.807) is 14.0 Å². The van der Waals surface area contributed by atoms with Crippen LogP contribution in [0.15, 0.2) is 48.5 Å². The first kappa shape index (κ1) is 20.5. The largest absolute Gasteiger partial charge is 0.496 e. The van der Waals surface area contributed by atoms with E-state index in [2.05, 4.69) is 15.5 Å². The van der Waals surface area contributed by atoms with Crippen molar-refractivity contribution in [3.63, 3.8) is 0 Å². The molecule has 1 aliphatic heterocycles. The molecule has 0 aliphatic carbocycles. The third-order valence-corrected chi connectivity index (χ3v) is 5.09. The summed E-state index contributed by atoms with van der Waals surface area (Å²) in [5.74, 6) is 0.954. The lowest BCUT2D eigenvalue weighted by Gasteiger charge is -2.35. The zero-order valence-electron chi connectivity index (χ0n) is 17.0. The SMILES string of the molecule is COc1ccccc1CCNC(=O)Nc1ccc(N2CCN(C(C)=O)CC2)cc1. The first-order valence-electron chi connectivity index (χ1n) is 9.84. The molecule has 0 saturated carbocycles. The number of para-hydroxylation sites is 1. The number of anilines is 2. The van der Waals surface area contributed by atoms with Crippen LogP contribution < -0.4 is 20.3 Å². The highest BCUT2D eigenvalue weighted by Gasteiger charge is 2.18. The molecule has 1 fully saturated rings. The van der Waals surface area contributed by atoms with Crippen LogP contribution in [0.2, 0.25) is 0 Å². The van der Waals surface area contributed by atoms with E-state index >= 15 is 0 Å². The van der Waals surface area contributed by atoms with Crippen LogP contribution in [0.1, 0.15) is 12.5 Å². The Labute approximate surface area is 171 Å². The highest BCUT2D eigenvalue weighted by Crippen LogP contribution is 2.20. The fourth-order valence-electron chi connectivity index (χ4n) is 3.43. The van der Waals surface area contributed by atoms with Crippen molar-refractivity contribution in [1.29, 1.82) is 0 Å². The molecule has 1 aliphatic rings. The van der Waals surface area contributed by atoms with Gasteiger partial charge in [-0.15, -0.1) is 0 Å². The summed E-state index contributed by atoms with van der Waals surface area (Å²) in [6.07, 6.45) is 0.697. The summed E-state index contributed by atoms with van der Waals surface area (Å²) in [6.45, 7) is 5.24. The monoisotopic (exact) mass is 396 g/mol. The van der Waals surface area contributed by atoms with Crippen molar-refractivity contribution in [2.45, 2.75) is 13.3 Å². The van der Waals surface area contributed by atoms with Gasteiger partial charge in [0, 0.05) is 51.0 Å². The molecule has 0 atom stereocenters. The smallest absolute Gasteiger partial charge is 0.319 e. The van der Waals surface area contributed by atoms with Crippen LogP contribution in [0, 0.1) is 0 Å². The van der Waals surface area contributed by atoms with Gasteiger partial charge in [0.05, 0.1) is 7.11 Å². The number of amides is 3. The zero-order chi connectivity index (χ0) is 20.6. The average molecular weight is 396 g/mol. The summed E-state index contributed by atoms with van der Waals surface area (Å²) in [5.41, 5.74) is 2.89. The number of hydrogen-bond donors (Lipinski definition) is 2. The minimum Gasteiger partial charge on any atom is -0.496 e. The molecule has 0 bridgehead atoms. The molecule has 2 aromatic rings. The molecule has 7 heteroatoms. The van der Waals surface area contributed by atoms with Gasteiger partial charge in [-0.05, 0) is 42.3 Å². The van der Waals surface area contributed by atoms with E-state index in [0.717, 1.165) is 48.9 Å². The Morgan fingerprint density at radius 2 is 1.69 bits per heavy atom. The van der Waals surface area contributed by atoms with Crippen LogP contribution >= 0.6 is 0 Å². The minimum absolute atomic E-state index is 0.126. The Kier molecular flexibility index (Phi) is 6.94. The summed E-state index contributed by atoms with van der Waals surface area (Å²) in [4.78, 5) is 27.7. The Morgan fingerprint density at radius 1 is 1.00 bits per heavy atom. The molecular formula is C22H28N4O3. The summed E-state index contributed by atoms with van der Waals surface area (Å²) in [7, 11) is 1.64. The van der Waals surface area contributed by atoms with Gasteiger partial charge in [-0.3, -0.25) is 4.79 Å². The minimum atomic E-state index is -0.234. The lowest BCUT2D eigenvalue weighted by molar-refractivity contribution is -0.129. The standard InChI is InChI=1S/C22H28N4O3/c1-17(27)25-13-15-26(16-14-25)20-9-7-19(8-10-20)24-22(28)23-12-11-18-5-3-4-6-21(18)29-2/h3-10H,11-16H2,1-2H3,(H2,23,24,28). The van der Waals surface area contributed by atoms with Crippen LogP contribution in [0.5, 0.6) is 5.75 Å². The summed E-state index contributed by atoms with van der Waals surface area (Å²) in [5, 5.41) is 5.73. The molecule has 1 heterocycles. The molecule has 3 amide bonds. The molecular weight excluding hydrogens is 368 g/mol. The molecule has 2 aromatic carbocycles. The van der Waals surface area contributed by atoms with Crippen molar-refractivity contribution in [1.82, 2.24) is 10.2 Å². The van der Waals surface area contributed by atoms with Gasteiger partial charge in [0.2, 0.25) is 5.91 Å². The maximum Gasteiger partial charge on any atom is 0.319 e. The average Bonchev–Trinajstić information content (AvgIpc) is 2.74. The Balaban J connectivity index is 1.44. The van der Waals surface area contributed by atoms with Crippen LogP contribution in [0.25, 0.3) is 0 Å². The van der Waals surface area contributed by atoms with Crippen LogP contribution in [-0.4, -0.2) is 56.7 Å². The number of benzene rings is 2. The molecule has 2 N–H and O–H groups in total. The number of piperazine rings is 1. The first-order chi connectivity index (χ1) is 14.1. The first-order valence-corrected chi connectivity index (χ1v) is 9.84. The van der Waals surface area contributed by atoms with Crippen molar-refractivity contribution in [2.24, 2.45) is 0 Å². The molecule has 1 saturated heterocycles. The van der Waals surface area contributed by atoms with Gasteiger partial charge in [-0.1, -0.05) is 18.2 Å². The van der Waals surface area contributed by atoms with Crippen molar-refractivity contribution in [2.75, 3.05) is 50.1 Å². The zero-order valence-corrected chi connectivity index (χ0v) is 17.0. The predicted octanol–water partition coefficient (Wildman–Crippen LogP) is 2.73. The highest BCUT2D eigenvalue weighted by molar-refractivity contribution is 5.89. The van der Waals surface area contributed by atoms with Crippen molar-refractivity contribution in [3.05, 3.63) is 54.1 Å². The van der Waals surface area contributed by atoms with Crippen LogP contribution in [0.4, 0.5) is 16.2 Å². The van der Waals surface area contributed by atoms with Crippen molar-refractivity contribution in [3.8, 4) is 5.75 Å². The summed E-state index contributed by atoms with van der Waals surface area (Å²) >= 11 is 0. The Bertz CT molecular complexity index is 830. The maximum absolute atomic E-state index is 12.1. The predicted molar refractivity (Wildman–Crippen MR) is 115 cm³/mol. The summed E-state index contributed by atoms with van der Waals surface area (Å²) in [6, 6.07) is 15.3. The van der Waals surface area contributed by atoms with Gasteiger partial charge in [-0.25, -0.2) is 4.79 Å². The molecule has 154 valence electrons. The molecule has 0 unspecified atom stereocenters. The lowest BCUT2D eigenvalue weighted by Crippen LogP contribution is -2.48. The van der Waals surface area contributed by atoms with Gasteiger partial charge in [0.1, 0.15) is 5.75 Å². The number of urea groups is 1. The van der Waals surface area contributed by atoms with E-state index in [0.29, 0.717) is 13.0 Å². The Hall–Kier alpha value is -3.22. The fraction of sp³-hybridized carbons (Fsp3) is 0.364. The van der Waals surface area contributed by atoms with Crippen LogP contribution in [-0.2, 0) is 11.2 Å². The van der Waals surface area contributed by atoms with Gasteiger partial charge in [0.15, 0.2) is 0 Å². The third-order valence-electron chi connectivity index (χ3n) is 5.09. The second kappa shape index (κ2) is 9.82. The van der Waals surface area contributed by atoms with Gasteiger partial charge >= 0.3 is 6.03 Å². The molecule has 0 radical (unpaired) electrons. The number of methoxy groups -OCH3 is 1. The van der Waals surface area contributed by atoms with Gasteiger partial charge in [-0.2, -0.15) is 0 Å². The fourth-order valence-corrected chi connectivity index (χ4v) is 3.43. The normalized spacial score (nSPS) is 13.7. The van der Waals surface area contributed by atoms with Crippen LogP contribution in [0.3, 0.4) is 0 Å².